The Morgan fingerprint density at radius 1 is 1.85 bits per heavy atom. The summed E-state index contributed by atoms with van der Waals surface area (Å²) in [5.74, 6) is -0.242. The molecule has 1 heterocycles. The quantitative estimate of drug-likeness (QED) is 0.382. The summed E-state index contributed by atoms with van der Waals surface area (Å²) in [5.41, 5.74) is 0.328. The lowest BCUT2D eigenvalue weighted by molar-refractivity contribution is -0.390. The van der Waals surface area contributed by atoms with Gasteiger partial charge in [-0.1, -0.05) is 0 Å². The molecule has 0 saturated heterocycles. The van der Waals surface area contributed by atoms with Gasteiger partial charge in [0, 0.05) is 6.08 Å². The monoisotopic (exact) mass is 178 g/mol. The van der Waals surface area contributed by atoms with E-state index in [0.29, 0.717) is 5.56 Å². The van der Waals surface area contributed by atoms with E-state index in [2.05, 4.69) is 5.10 Å². The highest BCUT2D eigenvalue weighted by Gasteiger charge is 2.16. The highest BCUT2D eigenvalue weighted by molar-refractivity contribution is 5.58. The van der Waals surface area contributed by atoms with E-state index in [1.165, 1.54) is 23.0 Å². The fraction of sp³-hybridized carbons (Fsp3) is 0.143. The van der Waals surface area contributed by atoms with Crippen LogP contribution in [0.2, 0.25) is 0 Å². The first-order valence-corrected chi connectivity index (χ1v) is 3.39. The zero-order chi connectivity index (χ0) is 9.84. The Hall–Kier alpha value is -2.16. The Kier molecular flexibility index (Phi) is 2.40. The van der Waals surface area contributed by atoms with Crippen molar-refractivity contribution in [3.63, 3.8) is 0 Å². The van der Waals surface area contributed by atoms with Crippen molar-refractivity contribution in [3.8, 4) is 6.07 Å². The lowest BCUT2D eigenvalue weighted by Crippen LogP contribution is -1.92. The molecule has 0 amide bonds. The third-order valence-electron chi connectivity index (χ3n) is 1.35. The molecule has 1 aromatic heterocycles. The van der Waals surface area contributed by atoms with E-state index in [1.807, 2.05) is 0 Å². The Morgan fingerprint density at radius 2 is 2.54 bits per heavy atom. The van der Waals surface area contributed by atoms with Gasteiger partial charge in [0.25, 0.3) is 0 Å². The lowest BCUT2D eigenvalue weighted by atomic mass is 10.3. The minimum Gasteiger partial charge on any atom is -0.358 e. The topological polar surface area (TPSA) is 84.8 Å². The predicted molar refractivity (Wildman–Crippen MR) is 44.5 cm³/mol. The summed E-state index contributed by atoms with van der Waals surface area (Å²) >= 11 is 0. The maximum absolute atomic E-state index is 10.4. The molecule has 0 atom stereocenters. The largest absolute Gasteiger partial charge is 0.397 e. The molecular weight excluding hydrogens is 172 g/mol. The van der Waals surface area contributed by atoms with Crippen molar-refractivity contribution >= 4 is 11.9 Å². The van der Waals surface area contributed by atoms with Gasteiger partial charge in [-0.25, -0.2) is 0 Å². The van der Waals surface area contributed by atoms with Gasteiger partial charge < -0.3 is 10.1 Å². The summed E-state index contributed by atoms with van der Waals surface area (Å²) in [4.78, 5) is 9.82. The summed E-state index contributed by atoms with van der Waals surface area (Å²) in [5, 5.41) is 22.3. The number of hydrogen-bond donors (Lipinski definition) is 0. The number of rotatable bonds is 2. The van der Waals surface area contributed by atoms with E-state index >= 15 is 0 Å². The number of nitrogens with zero attached hydrogens (tertiary/aromatic N) is 4. The average molecular weight is 178 g/mol. The molecule has 1 rings (SSSR count). The van der Waals surface area contributed by atoms with Crippen molar-refractivity contribution in [1.29, 1.82) is 5.26 Å². The van der Waals surface area contributed by atoms with Gasteiger partial charge in [-0.2, -0.15) is 9.94 Å². The van der Waals surface area contributed by atoms with Crippen LogP contribution in [0.5, 0.6) is 0 Å². The molecule has 0 aliphatic rings. The molecule has 0 saturated carbocycles. The van der Waals surface area contributed by atoms with Crippen LogP contribution in [0.15, 0.2) is 12.3 Å². The number of allylic oxidation sites excluding steroid dienone is 1. The van der Waals surface area contributed by atoms with E-state index < -0.39 is 4.92 Å². The Bertz CT molecular complexity index is 399. The van der Waals surface area contributed by atoms with Crippen LogP contribution in [0.3, 0.4) is 0 Å². The van der Waals surface area contributed by atoms with E-state index in [0.717, 1.165) is 0 Å². The van der Waals surface area contributed by atoms with Gasteiger partial charge in [-0.05, 0) is 11.0 Å². The maximum atomic E-state index is 10.4. The van der Waals surface area contributed by atoms with Gasteiger partial charge in [-0.15, -0.1) is 0 Å². The molecule has 0 fully saturated rings. The summed E-state index contributed by atoms with van der Waals surface area (Å²) in [6.45, 7) is 0. The number of aromatic nitrogens is 2. The van der Waals surface area contributed by atoms with E-state index in [-0.39, 0.29) is 5.82 Å². The van der Waals surface area contributed by atoms with Crippen LogP contribution in [0.25, 0.3) is 6.08 Å². The second-order valence-electron chi connectivity index (χ2n) is 2.30. The van der Waals surface area contributed by atoms with E-state index in [4.69, 9.17) is 5.26 Å². The highest BCUT2D eigenvalue weighted by atomic mass is 16.6. The van der Waals surface area contributed by atoms with Crippen LogP contribution in [-0.4, -0.2) is 14.7 Å². The van der Waals surface area contributed by atoms with Gasteiger partial charge in [0.05, 0.1) is 30.0 Å². The van der Waals surface area contributed by atoms with Crippen molar-refractivity contribution in [1.82, 2.24) is 9.78 Å². The van der Waals surface area contributed by atoms with Crippen LogP contribution in [-0.2, 0) is 7.05 Å². The third kappa shape index (κ3) is 1.90. The molecule has 6 nitrogen and oxygen atoms in total. The van der Waals surface area contributed by atoms with E-state index in [1.54, 1.807) is 13.1 Å². The van der Waals surface area contributed by atoms with Crippen LogP contribution in [0.1, 0.15) is 5.56 Å². The normalized spacial score (nSPS) is 10.2. The standard InChI is InChI=1S/C7H6N4O2/c1-10-5-6(3-2-4-8)7(9-10)11(12)13/h2-3,5H,1H3. The molecule has 0 N–H and O–H groups in total. The smallest absolute Gasteiger partial charge is 0.358 e. The first-order valence-electron chi connectivity index (χ1n) is 3.39. The van der Waals surface area contributed by atoms with Gasteiger partial charge in [0.2, 0.25) is 0 Å². The predicted octanol–water partition coefficient (Wildman–Crippen LogP) is 0.865. The molecule has 0 aliphatic carbocycles. The molecule has 0 bridgehead atoms. The maximum Gasteiger partial charge on any atom is 0.397 e. The zero-order valence-corrected chi connectivity index (χ0v) is 6.84. The molecular formula is C7H6N4O2. The zero-order valence-electron chi connectivity index (χ0n) is 6.84. The van der Waals surface area contributed by atoms with Crippen LogP contribution in [0.4, 0.5) is 5.82 Å². The fourth-order valence-corrected chi connectivity index (χ4v) is 0.882. The van der Waals surface area contributed by atoms with Gasteiger partial charge in [-0.3, -0.25) is 0 Å². The van der Waals surface area contributed by atoms with Crippen molar-refractivity contribution in [2.75, 3.05) is 0 Å². The van der Waals surface area contributed by atoms with Gasteiger partial charge in [0.1, 0.15) is 0 Å². The molecule has 13 heavy (non-hydrogen) atoms. The molecule has 0 aliphatic heterocycles. The van der Waals surface area contributed by atoms with Gasteiger partial charge >= 0.3 is 5.82 Å². The molecule has 0 unspecified atom stereocenters. The fourth-order valence-electron chi connectivity index (χ4n) is 0.882. The minimum atomic E-state index is -0.586. The van der Waals surface area contributed by atoms with Crippen LogP contribution in [0, 0.1) is 21.4 Å². The Labute approximate surface area is 73.9 Å². The first kappa shape index (κ1) is 8.93. The SMILES string of the molecule is Cn1cc(C=CC#N)c([N+](=O)[O-])n1. The number of hydrogen-bond acceptors (Lipinski definition) is 4. The number of nitriles is 1. The summed E-state index contributed by atoms with van der Waals surface area (Å²) in [6.07, 6.45) is 4.00. The van der Waals surface area contributed by atoms with Gasteiger partial charge in [0.15, 0.2) is 0 Å². The molecule has 0 aromatic carbocycles. The van der Waals surface area contributed by atoms with Crippen LogP contribution >= 0.6 is 0 Å². The summed E-state index contributed by atoms with van der Waals surface area (Å²) < 4.78 is 1.33. The Morgan fingerprint density at radius 3 is 3.08 bits per heavy atom. The van der Waals surface area contributed by atoms with Crippen LogP contribution < -0.4 is 0 Å². The highest BCUT2D eigenvalue weighted by Crippen LogP contribution is 2.16. The number of aryl methyl sites for hydroxylation is 1. The summed E-state index contributed by atoms with van der Waals surface area (Å²) in [7, 11) is 1.58. The Balaban J connectivity index is 3.13. The third-order valence-corrected chi connectivity index (χ3v) is 1.35. The van der Waals surface area contributed by atoms with E-state index in [9.17, 15) is 10.1 Å². The molecule has 0 spiro atoms. The van der Waals surface area contributed by atoms with Crippen molar-refractivity contribution in [3.05, 3.63) is 28.0 Å². The van der Waals surface area contributed by atoms with Crippen molar-refractivity contribution < 1.29 is 4.92 Å². The first-order chi connectivity index (χ1) is 6.15. The molecule has 0 radical (unpaired) electrons. The van der Waals surface area contributed by atoms with Crippen molar-refractivity contribution in [2.24, 2.45) is 7.05 Å². The minimum absolute atomic E-state index is 0.242. The van der Waals surface area contributed by atoms with Crippen molar-refractivity contribution in [2.45, 2.75) is 0 Å². The molecule has 1 aromatic rings. The average Bonchev–Trinajstić information content (AvgIpc) is 2.43. The summed E-state index contributed by atoms with van der Waals surface area (Å²) in [6, 6.07) is 1.75. The second kappa shape index (κ2) is 3.49. The molecule has 66 valence electrons. The lowest BCUT2D eigenvalue weighted by Gasteiger charge is -1.86. The second-order valence-corrected chi connectivity index (χ2v) is 2.30. The molecule has 6 heteroatoms. The number of nitro groups is 1.